The second-order valence-electron chi connectivity index (χ2n) is 4.49. The Bertz CT molecular complexity index is 421. The zero-order chi connectivity index (χ0) is 14.3. The summed E-state index contributed by atoms with van der Waals surface area (Å²) in [6.45, 7) is 6.47. The minimum absolute atomic E-state index is 0.195. The van der Waals surface area contributed by atoms with Gasteiger partial charge in [-0.25, -0.2) is 4.79 Å². The van der Waals surface area contributed by atoms with E-state index in [1.807, 2.05) is 32.2 Å². The molecule has 0 saturated carbocycles. The Hall–Kier alpha value is -1.16. The Kier molecular flexibility index (Phi) is 6.78. The average Bonchev–Trinajstić information content (AvgIpc) is 2.41. The lowest BCUT2D eigenvalue weighted by Gasteiger charge is -2.18. The van der Waals surface area contributed by atoms with Crippen LogP contribution in [0.3, 0.4) is 0 Å². The molecule has 0 aliphatic rings. The van der Waals surface area contributed by atoms with Crippen LogP contribution in [0.15, 0.2) is 18.2 Å². The van der Waals surface area contributed by atoms with E-state index >= 15 is 0 Å². The third-order valence-electron chi connectivity index (χ3n) is 2.99. The highest BCUT2D eigenvalue weighted by Gasteiger charge is 2.16. The van der Waals surface area contributed by atoms with Crippen LogP contribution in [-0.2, 0) is 16.0 Å². The Morgan fingerprint density at radius 1 is 1.47 bits per heavy atom. The summed E-state index contributed by atoms with van der Waals surface area (Å²) in [6.07, 6.45) is 2.94. The number of esters is 1. The number of carbonyl (C=O) groups is 1. The molecule has 0 heterocycles. The number of carbonyl (C=O) groups excluding carboxylic acids is 1. The molecule has 0 spiro atoms. The van der Waals surface area contributed by atoms with Crippen molar-refractivity contribution in [1.29, 1.82) is 0 Å². The number of nitrogens with one attached hydrogen (secondary N) is 1. The van der Waals surface area contributed by atoms with E-state index in [4.69, 9.17) is 4.74 Å². The van der Waals surface area contributed by atoms with Gasteiger partial charge >= 0.3 is 5.97 Å². The van der Waals surface area contributed by atoms with Crippen LogP contribution in [0.1, 0.15) is 25.0 Å². The van der Waals surface area contributed by atoms with Crippen molar-refractivity contribution in [3.05, 3.63) is 29.3 Å². The number of hydrogen-bond acceptors (Lipinski definition) is 4. The lowest BCUT2D eigenvalue weighted by atomic mass is 10.1. The lowest BCUT2D eigenvalue weighted by molar-refractivity contribution is -0.143. The summed E-state index contributed by atoms with van der Waals surface area (Å²) < 4.78 is 5.21. The van der Waals surface area contributed by atoms with E-state index in [1.165, 1.54) is 5.56 Å². The van der Waals surface area contributed by atoms with Crippen LogP contribution < -0.4 is 5.32 Å². The van der Waals surface area contributed by atoms with Gasteiger partial charge in [0.05, 0.1) is 0 Å². The topological polar surface area (TPSA) is 38.3 Å². The maximum atomic E-state index is 11.8. The van der Waals surface area contributed by atoms with Crippen molar-refractivity contribution >= 4 is 23.4 Å². The fraction of sp³-hybridized carbons (Fsp3) is 0.533. The first kappa shape index (κ1) is 15.9. The summed E-state index contributed by atoms with van der Waals surface area (Å²) in [4.78, 5) is 11.8. The van der Waals surface area contributed by atoms with Crippen LogP contribution in [0, 0.1) is 6.92 Å². The van der Waals surface area contributed by atoms with Crippen molar-refractivity contribution in [1.82, 2.24) is 0 Å². The maximum absolute atomic E-state index is 11.8. The fourth-order valence-corrected chi connectivity index (χ4v) is 2.11. The largest absolute Gasteiger partial charge is 0.463 e. The van der Waals surface area contributed by atoms with Gasteiger partial charge in [-0.3, -0.25) is 0 Å². The molecular weight excluding hydrogens is 258 g/mol. The lowest BCUT2D eigenvalue weighted by Crippen LogP contribution is -2.29. The maximum Gasteiger partial charge on any atom is 0.328 e. The molecule has 0 bridgehead atoms. The molecule has 4 heteroatoms. The zero-order valence-electron chi connectivity index (χ0n) is 12.2. The summed E-state index contributed by atoms with van der Waals surface area (Å²) >= 11 is 1.67. The van der Waals surface area contributed by atoms with Crippen molar-refractivity contribution in [3.63, 3.8) is 0 Å². The molecule has 0 saturated heterocycles. The SMILES string of the molecule is CCc1cccc(C)c1NC(C)C(=O)OCCSC. The number of rotatable bonds is 7. The number of hydrogen-bond donors (Lipinski definition) is 1. The van der Waals surface area contributed by atoms with Gasteiger partial charge in [0.1, 0.15) is 12.6 Å². The van der Waals surface area contributed by atoms with Crippen LogP contribution in [0.25, 0.3) is 0 Å². The van der Waals surface area contributed by atoms with Gasteiger partial charge in [0.15, 0.2) is 0 Å². The van der Waals surface area contributed by atoms with Gasteiger partial charge in [-0.15, -0.1) is 0 Å². The molecule has 0 aliphatic carbocycles. The van der Waals surface area contributed by atoms with Crippen LogP contribution in [0.2, 0.25) is 0 Å². The number of aryl methyl sites for hydroxylation is 2. The van der Waals surface area contributed by atoms with Crippen molar-refractivity contribution in [2.75, 3.05) is 23.9 Å². The number of thioether (sulfide) groups is 1. The molecule has 3 nitrogen and oxygen atoms in total. The highest BCUT2D eigenvalue weighted by Crippen LogP contribution is 2.22. The first-order chi connectivity index (χ1) is 9.10. The number of ether oxygens (including phenoxy) is 1. The number of para-hydroxylation sites is 1. The second kappa shape index (κ2) is 8.10. The van der Waals surface area contributed by atoms with Crippen LogP contribution in [0.4, 0.5) is 5.69 Å². The van der Waals surface area contributed by atoms with Crippen LogP contribution in [-0.4, -0.2) is 30.6 Å². The molecule has 1 rings (SSSR count). The molecule has 0 amide bonds. The van der Waals surface area contributed by atoms with E-state index < -0.39 is 0 Å². The Morgan fingerprint density at radius 3 is 2.84 bits per heavy atom. The molecule has 1 N–H and O–H groups in total. The molecule has 0 aliphatic heterocycles. The quantitative estimate of drug-likeness (QED) is 0.615. The summed E-state index contributed by atoms with van der Waals surface area (Å²) in [6, 6.07) is 5.85. The molecule has 1 unspecified atom stereocenters. The molecule has 1 aromatic rings. The van der Waals surface area contributed by atoms with Gasteiger partial charge in [0, 0.05) is 11.4 Å². The third-order valence-corrected chi connectivity index (χ3v) is 3.56. The molecule has 1 atom stereocenters. The van der Waals surface area contributed by atoms with Crippen molar-refractivity contribution in [2.24, 2.45) is 0 Å². The van der Waals surface area contributed by atoms with Gasteiger partial charge in [0.2, 0.25) is 0 Å². The Morgan fingerprint density at radius 2 is 2.21 bits per heavy atom. The number of benzene rings is 1. The van der Waals surface area contributed by atoms with Crippen molar-refractivity contribution in [2.45, 2.75) is 33.2 Å². The van der Waals surface area contributed by atoms with Crippen LogP contribution in [0.5, 0.6) is 0 Å². The van der Waals surface area contributed by atoms with E-state index in [-0.39, 0.29) is 12.0 Å². The third kappa shape index (κ3) is 4.78. The molecule has 19 heavy (non-hydrogen) atoms. The standard InChI is InChI=1S/C15H23NO2S/c1-5-13-8-6-7-11(2)14(13)16-12(3)15(17)18-9-10-19-4/h6-8,12,16H,5,9-10H2,1-4H3. The average molecular weight is 281 g/mol. The van der Waals surface area contributed by atoms with E-state index in [9.17, 15) is 4.79 Å². The van der Waals surface area contributed by atoms with Crippen molar-refractivity contribution in [3.8, 4) is 0 Å². The molecule has 106 valence electrons. The highest BCUT2D eigenvalue weighted by molar-refractivity contribution is 7.98. The van der Waals surface area contributed by atoms with Gasteiger partial charge in [-0.2, -0.15) is 11.8 Å². The first-order valence-corrected chi connectivity index (χ1v) is 8.00. The van der Waals surface area contributed by atoms with Gasteiger partial charge in [-0.05, 0) is 37.7 Å². The van der Waals surface area contributed by atoms with Gasteiger partial charge in [-0.1, -0.05) is 25.1 Å². The summed E-state index contributed by atoms with van der Waals surface area (Å²) in [5.74, 6) is 0.641. The zero-order valence-corrected chi connectivity index (χ0v) is 13.0. The highest BCUT2D eigenvalue weighted by atomic mass is 32.2. The minimum Gasteiger partial charge on any atom is -0.463 e. The first-order valence-electron chi connectivity index (χ1n) is 6.60. The van der Waals surface area contributed by atoms with E-state index in [1.54, 1.807) is 11.8 Å². The Balaban J connectivity index is 2.66. The molecule has 0 aromatic heterocycles. The molecule has 0 radical (unpaired) electrons. The predicted octanol–water partition coefficient (Wildman–Crippen LogP) is 3.26. The van der Waals surface area contributed by atoms with Crippen molar-refractivity contribution < 1.29 is 9.53 Å². The normalized spacial score (nSPS) is 12.0. The molecular formula is C15H23NO2S. The van der Waals surface area contributed by atoms with Gasteiger partial charge in [0.25, 0.3) is 0 Å². The Labute approximate surface area is 120 Å². The van der Waals surface area contributed by atoms with Gasteiger partial charge < -0.3 is 10.1 Å². The van der Waals surface area contributed by atoms with E-state index in [0.717, 1.165) is 23.4 Å². The summed E-state index contributed by atoms with van der Waals surface area (Å²) in [5.41, 5.74) is 3.44. The monoisotopic (exact) mass is 281 g/mol. The van der Waals surface area contributed by atoms with Crippen LogP contribution >= 0.6 is 11.8 Å². The minimum atomic E-state index is -0.326. The summed E-state index contributed by atoms with van der Waals surface area (Å²) in [5, 5.41) is 3.28. The van der Waals surface area contributed by atoms with E-state index in [0.29, 0.717) is 6.61 Å². The smallest absolute Gasteiger partial charge is 0.328 e. The molecule has 0 fully saturated rings. The molecule has 1 aromatic carbocycles. The summed E-state index contributed by atoms with van der Waals surface area (Å²) in [7, 11) is 0. The second-order valence-corrected chi connectivity index (χ2v) is 5.47. The predicted molar refractivity (Wildman–Crippen MR) is 83.0 cm³/mol. The number of anilines is 1. The van der Waals surface area contributed by atoms with E-state index in [2.05, 4.69) is 18.3 Å². The fourth-order valence-electron chi connectivity index (χ4n) is 1.86.